The Morgan fingerprint density at radius 3 is 2.82 bits per heavy atom. The SMILES string of the molecule is CC(C)C(=O)NCc1cc(C=CC(=O)O)cs1. The van der Waals surface area contributed by atoms with Crippen molar-refractivity contribution in [1.29, 1.82) is 0 Å². The smallest absolute Gasteiger partial charge is 0.328 e. The van der Waals surface area contributed by atoms with Crippen molar-refractivity contribution < 1.29 is 14.7 Å². The first-order valence-corrected chi connectivity index (χ1v) is 6.13. The minimum atomic E-state index is -0.967. The maximum Gasteiger partial charge on any atom is 0.328 e. The van der Waals surface area contributed by atoms with Crippen LogP contribution in [-0.4, -0.2) is 17.0 Å². The highest BCUT2D eigenvalue weighted by atomic mass is 32.1. The van der Waals surface area contributed by atoms with Crippen LogP contribution >= 0.6 is 11.3 Å². The van der Waals surface area contributed by atoms with Crippen LogP contribution in [0.3, 0.4) is 0 Å². The average molecular weight is 253 g/mol. The van der Waals surface area contributed by atoms with Gasteiger partial charge in [0.05, 0.1) is 6.54 Å². The van der Waals surface area contributed by atoms with Crippen LogP contribution in [0.2, 0.25) is 0 Å². The molecule has 0 saturated carbocycles. The zero-order valence-electron chi connectivity index (χ0n) is 9.77. The van der Waals surface area contributed by atoms with E-state index < -0.39 is 5.97 Å². The van der Waals surface area contributed by atoms with Crippen molar-refractivity contribution in [3.63, 3.8) is 0 Å². The van der Waals surface area contributed by atoms with Gasteiger partial charge in [-0.2, -0.15) is 0 Å². The minimum Gasteiger partial charge on any atom is -0.478 e. The van der Waals surface area contributed by atoms with Crippen molar-refractivity contribution in [2.24, 2.45) is 5.92 Å². The van der Waals surface area contributed by atoms with E-state index in [1.807, 2.05) is 25.3 Å². The van der Waals surface area contributed by atoms with Crippen LogP contribution in [0.25, 0.3) is 6.08 Å². The molecule has 17 heavy (non-hydrogen) atoms. The van der Waals surface area contributed by atoms with Gasteiger partial charge >= 0.3 is 5.97 Å². The molecule has 0 bridgehead atoms. The van der Waals surface area contributed by atoms with Crippen LogP contribution in [0.4, 0.5) is 0 Å². The zero-order valence-corrected chi connectivity index (χ0v) is 10.6. The highest BCUT2D eigenvalue weighted by Gasteiger charge is 2.06. The molecule has 2 N–H and O–H groups in total. The number of carboxylic acid groups (broad SMARTS) is 1. The first kappa shape index (κ1) is 13.4. The summed E-state index contributed by atoms with van der Waals surface area (Å²) in [4.78, 5) is 22.7. The predicted molar refractivity (Wildman–Crippen MR) is 67.7 cm³/mol. The monoisotopic (exact) mass is 253 g/mol. The Morgan fingerprint density at radius 1 is 1.53 bits per heavy atom. The second kappa shape index (κ2) is 6.20. The molecule has 92 valence electrons. The lowest BCUT2D eigenvalue weighted by atomic mass is 10.2. The molecule has 5 heteroatoms. The molecule has 0 aromatic carbocycles. The van der Waals surface area contributed by atoms with Crippen molar-refractivity contribution in [2.75, 3.05) is 0 Å². The van der Waals surface area contributed by atoms with Crippen LogP contribution in [0.1, 0.15) is 24.3 Å². The van der Waals surface area contributed by atoms with Crippen molar-refractivity contribution >= 4 is 29.3 Å². The molecule has 1 aromatic rings. The van der Waals surface area contributed by atoms with Crippen LogP contribution in [-0.2, 0) is 16.1 Å². The molecule has 0 fully saturated rings. The minimum absolute atomic E-state index is 0.0148. The van der Waals surface area contributed by atoms with Crippen LogP contribution < -0.4 is 5.32 Å². The summed E-state index contributed by atoms with van der Waals surface area (Å²) < 4.78 is 0. The number of carbonyl (C=O) groups is 2. The fourth-order valence-electron chi connectivity index (χ4n) is 1.12. The van der Waals surface area contributed by atoms with Gasteiger partial charge in [-0.05, 0) is 23.1 Å². The molecule has 1 aromatic heterocycles. The Hall–Kier alpha value is -1.62. The molecule has 1 amide bonds. The zero-order chi connectivity index (χ0) is 12.8. The van der Waals surface area contributed by atoms with E-state index in [1.165, 1.54) is 17.4 Å². The molecule has 0 aliphatic heterocycles. The second-order valence-corrected chi connectivity index (χ2v) is 4.89. The van der Waals surface area contributed by atoms with Gasteiger partial charge < -0.3 is 10.4 Å². The van der Waals surface area contributed by atoms with Crippen molar-refractivity contribution in [2.45, 2.75) is 20.4 Å². The summed E-state index contributed by atoms with van der Waals surface area (Å²) in [6.07, 6.45) is 2.63. The maximum atomic E-state index is 11.3. The summed E-state index contributed by atoms with van der Waals surface area (Å²) in [5, 5.41) is 13.1. The van der Waals surface area contributed by atoms with Gasteiger partial charge in [0.15, 0.2) is 0 Å². The Kier molecular flexibility index (Phi) is 4.90. The number of aliphatic carboxylic acids is 1. The highest BCUT2D eigenvalue weighted by molar-refractivity contribution is 7.10. The maximum absolute atomic E-state index is 11.3. The fourth-order valence-corrected chi connectivity index (χ4v) is 1.92. The quantitative estimate of drug-likeness (QED) is 0.790. The van der Waals surface area contributed by atoms with E-state index in [1.54, 1.807) is 0 Å². The lowest BCUT2D eigenvalue weighted by molar-refractivity contribution is -0.131. The number of nitrogens with one attached hydrogen (secondary N) is 1. The first-order valence-electron chi connectivity index (χ1n) is 5.25. The van der Waals surface area contributed by atoms with Crippen molar-refractivity contribution in [3.8, 4) is 0 Å². The number of carboxylic acids is 1. The van der Waals surface area contributed by atoms with Gasteiger partial charge in [0.25, 0.3) is 0 Å². The van der Waals surface area contributed by atoms with Crippen molar-refractivity contribution in [3.05, 3.63) is 28.0 Å². The summed E-state index contributed by atoms with van der Waals surface area (Å²) in [6, 6.07) is 1.87. The predicted octanol–water partition coefficient (Wildman–Crippen LogP) is 2.12. The summed E-state index contributed by atoms with van der Waals surface area (Å²) in [5.74, 6) is -0.978. The number of rotatable bonds is 5. The molecule has 0 spiro atoms. The highest BCUT2D eigenvalue weighted by Crippen LogP contribution is 2.15. The molecule has 0 aliphatic rings. The number of carbonyl (C=O) groups excluding carboxylic acids is 1. The molecule has 0 radical (unpaired) electrons. The average Bonchev–Trinajstić information content (AvgIpc) is 2.70. The lowest BCUT2D eigenvalue weighted by Crippen LogP contribution is -2.26. The second-order valence-electron chi connectivity index (χ2n) is 3.89. The van der Waals surface area contributed by atoms with Gasteiger partial charge in [-0.1, -0.05) is 13.8 Å². The van der Waals surface area contributed by atoms with Crippen molar-refractivity contribution in [1.82, 2.24) is 5.32 Å². The van der Waals surface area contributed by atoms with Gasteiger partial charge in [0.2, 0.25) is 5.91 Å². The molecular weight excluding hydrogens is 238 g/mol. The Morgan fingerprint density at radius 2 is 2.24 bits per heavy atom. The summed E-state index contributed by atoms with van der Waals surface area (Å²) >= 11 is 1.50. The molecule has 1 rings (SSSR count). The Bertz CT molecular complexity index is 435. The number of thiophene rings is 1. The Labute approximate surface area is 104 Å². The summed E-state index contributed by atoms with van der Waals surface area (Å²) in [6.45, 7) is 4.16. The largest absolute Gasteiger partial charge is 0.478 e. The van der Waals surface area contributed by atoms with Gasteiger partial charge in [0, 0.05) is 16.9 Å². The van der Waals surface area contributed by atoms with Crippen LogP contribution in [0.5, 0.6) is 0 Å². The first-order chi connectivity index (χ1) is 7.99. The molecular formula is C12H15NO3S. The Balaban J connectivity index is 2.51. The molecule has 1 heterocycles. The standard InChI is InChI=1S/C12H15NO3S/c1-8(2)12(16)13-6-10-5-9(7-17-10)3-4-11(14)15/h3-5,7-8H,6H2,1-2H3,(H,13,16)(H,14,15). The number of hydrogen-bond acceptors (Lipinski definition) is 3. The number of amides is 1. The van der Waals surface area contributed by atoms with E-state index >= 15 is 0 Å². The van der Waals surface area contributed by atoms with Crippen LogP contribution in [0, 0.1) is 5.92 Å². The third-order valence-corrected chi connectivity index (χ3v) is 3.01. The topological polar surface area (TPSA) is 66.4 Å². The van der Waals surface area contributed by atoms with E-state index in [-0.39, 0.29) is 11.8 Å². The molecule has 0 saturated heterocycles. The van der Waals surface area contributed by atoms with E-state index in [9.17, 15) is 9.59 Å². The van der Waals surface area contributed by atoms with E-state index in [0.29, 0.717) is 6.54 Å². The van der Waals surface area contributed by atoms with E-state index in [0.717, 1.165) is 16.5 Å². The van der Waals surface area contributed by atoms with Crippen LogP contribution in [0.15, 0.2) is 17.5 Å². The normalized spacial score (nSPS) is 11.0. The number of hydrogen-bond donors (Lipinski definition) is 2. The summed E-state index contributed by atoms with van der Waals surface area (Å²) in [7, 11) is 0. The molecule has 0 aliphatic carbocycles. The fraction of sp³-hybridized carbons (Fsp3) is 0.333. The third kappa shape index (κ3) is 4.82. The van der Waals surface area contributed by atoms with E-state index in [4.69, 9.17) is 5.11 Å². The lowest BCUT2D eigenvalue weighted by Gasteiger charge is -2.05. The molecule has 0 unspecified atom stereocenters. The third-order valence-electron chi connectivity index (χ3n) is 2.05. The summed E-state index contributed by atoms with van der Waals surface area (Å²) in [5.41, 5.74) is 0.839. The molecule has 0 atom stereocenters. The van der Waals surface area contributed by atoms with Gasteiger partial charge in [0.1, 0.15) is 0 Å². The van der Waals surface area contributed by atoms with E-state index in [2.05, 4.69) is 5.32 Å². The van der Waals surface area contributed by atoms with Gasteiger partial charge in [-0.15, -0.1) is 11.3 Å². The van der Waals surface area contributed by atoms with Gasteiger partial charge in [-0.3, -0.25) is 4.79 Å². The molecule has 4 nitrogen and oxygen atoms in total. The van der Waals surface area contributed by atoms with Gasteiger partial charge in [-0.25, -0.2) is 4.79 Å².